The van der Waals surface area contributed by atoms with Crippen molar-refractivity contribution in [3.8, 4) is 0 Å². The monoisotopic (exact) mass is 198 g/mol. The minimum absolute atomic E-state index is 0. The molecule has 0 amide bonds. The number of rotatable bonds is 1. The van der Waals surface area contributed by atoms with Crippen molar-refractivity contribution in [1.29, 1.82) is 0 Å². The van der Waals surface area contributed by atoms with Crippen molar-refractivity contribution in [1.82, 2.24) is 0 Å². The van der Waals surface area contributed by atoms with Gasteiger partial charge in [-0.3, -0.25) is 0 Å². The maximum Gasteiger partial charge on any atom is 0.0895 e. The molecular weight excluding hydrogens is 184 g/mol. The summed E-state index contributed by atoms with van der Waals surface area (Å²) in [4.78, 5) is 0. The van der Waals surface area contributed by atoms with Gasteiger partial charge in [-0.1, -0.05) is 25.1 Å². The van der Waals surface area contributed by atoms with Gasteiger partial charge in [-0.05, 0) is 18.1 Å². The van der Waals surface area contributed by atoms with E-state index < -0.39 is 0 Å². The first kappa shape index (κ1) is 10.4. The largest absolute Gasteiger partial charge is 0.367 e. The van der Waals surface area contributed by atoms with Crippen molar-refractivity contribution in [3.63, 3.8) is 0 Å². The number of nitrogens with one attached hydrogen (secondary N) is 1. The molecule has 3 N–H and O–H groups in total. The van der Waals surface area contributed by atoms with Gasteiger partial charge in [0.15, 0.2) is 0 Å². The fourth-order valence-corrected chi connectivity index (χ4v) is 1.66. The average Bonchev–Trinajstić information content (AvgIpc) is 2.42. The molecule has 0 bridgehead atoms. The summed E-state index contributed by atoms with van der Waals surface area (Å²) >= 11 is 0. The van der Waals surface area contributed by atoms with Gasteiger partial charge >= 0.3 is 0 Å². The molecule has 0 aromatic heterocycles. The van der Waals surface area contributed by atoms with E-state index in [1.54, 1.807) is 0 Å². The minimum Gasteiger partial charge on any atom is -0.367 e. The minimum atomic E-state index is -0.205. The van der Waals surface area contributed by atoms with Crippen molar-refractivity contribution in [2.24, 2.45) is 5.73 Å². The Morgan fingerprint density at radius 1 is 1.46 bits per heavy atom. The van der Waals surface area contributed by atoms with Gasteiger partial charge in [0, 0.05) is 12.1 Å². The molecule has 1 aliphatic rings. The zero-order chi connectivity index (χ0) is 8.60. The molecule has 0 saturated carbocycles. The zero-order valence-electron chi connectivity index (χ0n) is 7.71. The number of benzene rings is 1. The first-order valence-corrected chi connectivity index (χ1v) is 4.38. The Morgan fingerprint density at radius 2 is 2.15 bits per heavy atom. The van der Waals surface area contributed by atoms with Crippen molar-refractivity contribution in [2.75, 3.05) is 5.32 Å². The van der Waals surface area contributed by atoms with Crippen molar-refractivity contribution < 1.29 is 0 Å². The predicted octanol–water partition coefficient (Wildman–Crippen LogP) is 2.14. The van der Waals surface area contributed by atoms with Gasteiger partial charge in [0.05, 0.1) is 5.66 Å². The first-order valence-electron chi connectivity index (χ1n) is 4.38. The summed E-state index contributed by atoms with van der Waals surface area (Å²) in [7, 11) is 0. The molecule has 0 fully saturated rings. The normalized spacial score (nSPS) is 24.5. The van der Waals surface area contributed by atoms with Crippen LogP contribution in [0.1, 0.15) is 18.9 Å². The zero-order valence-corrected chi connectivity index (χ0v) is 8.53. The summed E-state index contributed by atoms with van der Waals surface area (Å²) in [5.74, 6) is 0. The predicted molar refractivity (Wildman–Crippen MR) is 58.2 cm³/mol. The van der Waals surface area contributed by atoms with Gasteiger partial charge in [-0.15, -0.1) is 12.4 Å². The van der Waals surface area contributed by atoms with E-state index in [9.17, 15) is 0 Å². The maximum absolute atomic E-state index is 6.10. The van der Waals surface area contributed by atoms with Crippen LogP contribution in [-0.2, 0) is 6.42 Å². The summed E-state index contributed by atoms with van der Waals surface area (Å²) in [6.07, 6.45) is 1.90. The summed E-state index contributed by atoms with van der Waals surface area (Å²) in [5, 5.41) is 3.34. The lowest BCUT2D eigenvalue weighted by molar-refractivity contribution is 0.487. The van der Waals surface area contributed by atoms with Crippen LogP contribution in [0, 0.1) is 0 Å². The summed E-state index contributed by atoms with van der Waals surface area (Å²) in [6, 6.07) is 8.31. The van der Waals surface area contributed by atoms with Crippen LogP contribution >= 0.6 is 12.4 Å². The van der Waals surface area contributed by atoms with Crippen molar-refractivity contribution in [2.45, 2.75) is 25.4 Å². The quantitative estimate of drug-likeness (QED) is 0.726. The molecule has 3 heteroatoms. The van der Waals surface area contributed by atoms with Crippen molar-refractivity contribution in [3.05, 3.63) is 29.8 Å². The standard InChI is InChI=1S/C10H14N2.ClH/c1-2-10(11)7-8-5-3-4-6-9(8)12-10;/h3-6,12H,2,7,11H2,1H3;1H. The molecule has 72 valence electrons. The third-order valence-corrected chi connectivity index (χ3v) is 2.54. The van der Waals surface area contributed by atoms with Gasteiger partial charge in [0.2, 0.25) is 0 Å². The molecule has 1 heterocycles. The molecule has 0 radical (unpaired) electrons. The molecule has 0 aliphatic carbocycles. The molecule has 2 nitrogen and oxygen atoms in total. The highest BCUT2D eigenvalue weighted by molar-refractivity contribution is 5.85. The third kappa shape index (κ3) is 1.79. The van der Waals surface area contributed by atoms with E-state index in [1.165, 1.54) is 11.3 Å². The molecule has 0 spiro atoms. The van der Waals surface area contributed by atoms with Crippen LogP contribution in [-0.4, -0.2) is 5.66 Å². The molecular formula is C10H15ClN2. The Balaban J connectivity index is 0.000000845. The molecule has 1 aromatic rings. The first-order chi connectivity index (χ1) is 5.73. The van der Waals surface area contributed by atoms with Crippen LogP contribution in [0.25, 0.3) is 0 Å². The van der Waals surface area contributed by atoms with Crippen LogP contribution in [0.2, 0.25) is 0 Å². The second-order valence-electron chi connectivity index (χ2n) is 3.47. The number of hydrogen-bond donors (Lipinski definition) is 2. The van der Waals surface area contributed by atoms with E-state index in [0.717, 1.165) is 12.8 Å². The fraction of sp³-hybridized carbons (Fsp3) is 0.400. The van der Waals surface area contributed by atoms with E-state index >= 15 is 0 Å². The lowest BCUT2D eigenvalue weighted by Gasteiger charge is -2.22. The highest BCUT2D eigenvalue weighted by Crippen LogP contribution is 2.30. The number of hydrogen-bond acceptors (Lipinski definition) is 2. The highest BCUT2D eigenvalue weighted by Gasteiger charge is 2.30. The molecule has 1 aromatic carbocycles. The van der Waals surface area contributed by atoms with Crippen LogP contribution in [0.15, 0.2) is 24.3 Å². The van der Waals surface area contributed by atoms with E-state index in [4.69, 9.17) is 5.73 Å². The Labute approximate surface area is 84.9 Å². The molecule has 0 saturated heterocycles. The Bertz CT molecular complexity index is 274. The Hall–Kier alpha value is -0.730. The van der Waals surface area contributed by atoms with Gasteiger partial charge in [-0.2, -0.15) is 0 Å². The van der Waals surface area contributed by atoms with Crippen LogP contribution < -0.4 is 11.1 Å². The summed E-state index contributed by atoms with van der Waals surface area (Å²) in [5.41, 5.74) is 8.42. The smallest absolute Gasteiger partial charge is 0.0895 e. The van der Waals surface area contributed by atoms with E-state index in [1.807, 2.05) is 6.07 Å². The summed E-state index contributed by atoms with van der Waals surface area (Å²) in [6.45, 7) is 2.11. The van der Waals surface area contributed by atoms with E-state index in [-0.39, 0.29) is 18.1 Å². The van der Waals surface area contributed by atoms with Crippen LogP contribution in [0.3, 0.4) is 0 Å². The number of para-hydroxylation sites is 1. The average molecular weight is 199 g/mol. The van der Waals surface area contributed by atoms with Crippen LogP contribution in [0.5, 0.6) is 0 Å². The third-order valence-electron chi connectivity index (χ3n) is 2.54. The van der Waals surface area contributed by atoms with Gasteiger partial charge < -0.3 is 11.1 Å². The molecule has 2 rings (SSSR count). The molecule has 1 atom stereocenters. The van der Waals surface area contributed by atoms with Crippen LogP contribution in [0.4, 0.5) is 5.69 Å². The Morgan fingerprint density at radius 3 is 2.77 bits per heavy atom. The number of fused-ring (bicyclic) bond motifs is 1. The fourth-order valence-electron chi connectivity index (χ4n) is 1.66. The van der Waals surface area contributed by atoms with Crippen molar-refractivity contribution >= 4 is 18.1 Å². The highest BCUT2D eigenvalue weighted by atomic mass is 35.5. The lowest BCUT2D eigenvalue weighted by atomic mass is 10.0. The SMILES string of the molecule is CCC1(N)Cc2ccccc2N1.Cl. The lowest BCUT2D eigenvalue weighted by Crippen LogP contribution is -2.45. The Kier molecular flexibility index (Phi) is 2.84. The van der Waals surface area contributed by atoms with E-state index in [0.29, 0.717) is 0 Å². The number of nitrogens with two attached hydrogens (primary N) is 1. The molecule has 13 heavy (non-hydrogen) atoms. The molecule has 1 aliphatic heterocycles. The topological polar surface area (TPSA) is 38.0 Å². The van der Waals surface area contributed by atoms with Gasteiger partial charge in [-0.25, -0.2) is 0 Å². The number of anilines is 1. The van der Waals surface area contributed by atoms with E-state index in [2.05, 4.69) is 30.4 Å². The van der Waals surface area contributed by atoms with Gasteiger partial charge in [0.1, 0.15) is 0 Å². The van der Waals surface area contributed by atoms with Gasteiger partial charge in [0.25, 0.3) is 0 Å². The number of halogens is 1. The summed E-state index contributed by atoms with van der Waals surface area (Å²) < 4.78 is 0. The molecule has 1 unspecified atom stereocenters. The maximum atomic E-state index is 6.10. The second kappa shape index (κ2) is 3.56. The second-order valence-corrected chi connectivity index (χ2v) is 3.47.